The van der Waals surface area contributed by atoms with Crippen LogP contribution in [-0.4, -0.2) is 26.5 Å². The van der Waals surface area contributed by atoms with Crippen molar-refractivity contribution in [1.29, 1.82) is 0 Å². The lowest BCUT2D eigenvalue weighted by atomic mass is 10.4. The standard InChI is InChI=1S/C7H13NOS2/c1-3-6-4-10-7(2,11-6)5-8-9/h5-6,9H,3-4H2,1-2H3. The highest BCUT2D eigenvalue weighted by Gasteiger charge is 2.34. The van der Waals surface area contributed by atoms with Crippen LogP contribution in [0, 0.1) is 0 Å². The van der Waals surface area contributed by atoms with Crippen LogP contribution < -0.4 is 0 Å². The second-order valence-corrected chi connectivity index (χ2v) is 6.20. The summed E-state index contributed by atoms with van der Waals surface area (Å²) < 4.78 is 0.00935. The summed E-state index contributed by atoms with van der Waals surface area (Å²) in [5.41, 5.74) is 0. The van der Waals surface area contributed by atoms with Crippen LogP contribution in [0.5, 0.6) is 0 Å². The van der Waals surface area contributed by atoms with Crippen LogP contribution >= 0.6 is 23.5 Å². The number of hydrogen-bond acceptors (Lipinski definition) is 4. The summed E-state index contributed by atoms with van der Waals surface area (Å²) in [6, 6.07) is 0. The Balaban J connectivity index is 2.50. The van der Waals surface area contributed by atoms with Crippen LogP contribution in [0.3, 0.4) is 0 Å². The average Bonchev–Trinajstić information content (AvgIpc) is 2.33. The molecule has 4 heteroatoms. The molecule has 0 aromatic rings. The van der Waals surface area contributed by atoms with E-state index in [1.165, 1.54) is 12.2 Å². The van der Waals surface area contributed by atoms with Crippen molar-refractivity contribution >= 4 is 29.7 Å². The zero-order valence-electron chi connectivity index (χ0n) is 6.78. The van der Waals surface area contributed by atoms with E-state index in [9.17, 15) is 0 Å². The fraction of sp³-hybridized carbons (Fsp3) is 0.857. The molecule has 64 valence electrons. The summed E-state index contributed by atoms with van der Waals surface area (Å²) in [7, 11) is 0. The molecule has 0 aliphatic carbocycles. The van der Waals surface area contributed by atoms with Crippen LogP contribution in [0.4, 0.5) is 0 Å². The molecule has 0 radical (unpaired) electrons. The Morgan fingerprint density at radius 3 is 3.00 bits per heavy atom. The zero-order valence-corrected chi connectivity index (χ0v) is 8.41. The largest absolute Gasteiger partial charge is 0.411 e. The highest BCUT2D eigenvalue weighted by atomic mass is 32.2. The van der Waals surface area contributed by atoms with Gasteiger partial charge in [-0.3, -0.25) is 0 Å². The quantitative estimate of drug-likeness (QED) is 0.413. The van der Waals surface area contributed by atoms with Gasteiger partial charge in [-0.2, -0.15) is 0 Å². The smallest absolute Gasteiger partial charge is 0.0969 e. The van der Waals surface area contributed by atoms with Crippen molar-refractivity contribution in [2.45, 2.75) is 29.6 Å². The number of rotatable bonds is 2. The van der Waals surface area contributed by atoms with Gasteiger partial charge in [0.05, 0.1) is 10.3 Å². The predicted octanol–water partition coefficient (Wildman–Crippen LogP) is 2.42. The molecule has 1 saturated heterocycles. The monoisotopic (exact) mass is 191 g/mol. The Labute approximate surface area is 75.8 Å². The summed E-state index contributed by atoms with van der Waals surface area (Å²) >= 11 is 3.75. The summed E-state index contributed by atoms with van der Waals surface area (Å²) in [5.74, 6) is 1.17. The van der Waals surface area contributed by atoms with Crippen molar-refractivity contribution in [2.75, 3.05) is 5.75 Å². The van der Waals surface area contributed by atoms with E-state index in [-0.39, 0.29) is 4.08 Å². The molecule has 1 fully saturated rings. The van der Waals surface area contributed by atoms with Crippen LogP contribution in [0.25, 0.3) is 0 Å². The minimum absolute atomic E-state index is 0.00935. The molecule has 1 rings (SSSR count). The van der Waals surface area contributed by atoms with E-state index in [1.54, 1.807) is 6.21 Å². The normalized spacial score (nSPS) is 38.5. The van der Waals surface area contributed by atoms with Gasteiger partial charge in [-0.25, -0.2) is 0 Å². The number of thioether (sulfide) groups is 2. The summed E-state index contributed by atoms with van der Waals surface area (Å²) in [6.07, 6.45) is 2.82. The SMILES string of the molecule is CCC1CSC(C)(C=NO)S1. The Morgan fingerprint density at radius 2 is 2.55 bits per heavy atom. The third-order valence-corrected chi connectivity index (χ3v) is 5.21. The van der Waals surface area contributed by atoms with Crippen LogP contribution in [0.1, 0.15) is 20.3 Å². The maximum atomic E-state index is 8.39. The lowest BCUT2D eigenvalue weighted by Gasteiger charge is -2.14. The van der Waals surface area contributed by atoms with Crippen molar-refractivity contribution in [3.63, 3.8) is 0 Å². The molecule has 0 saturated carbocycles. The van der Waals surface area contributed by atoms with Crippen molar-refractivity contribution in [1.82, 2.24) is 0 Å². The third kappa shape index (κ3) is 2.30. The predicted molar refractivity (Wildman–Crippen MR) is 52.8 cm³/mol. The molecule has 1 N–H and O–H groups in total. The first-order valence-electron chi connectivity index (χ1n) is 3.70. The molecule has 1 heterocycles. The Hall–Kier alpha value is 0.170. The van der Waals surface area contributed by atoms with Gasteiger partial charge in [0.2, 0.25) is 0 Å². The van der Waals surface area contributed by atoms with Gasteiger partial charge in [0, 0.05) is 11.0 Å². The molecule has 2 nitrogen and oxygen atoms in total. The average molecular weight is 191 g/mol. The molecule has 1 aliphatic heterocycles. The lowest BCUT2D eigenvalue weighted by molar-refractivity contribution is 0.320. The zero-order chi connectivity index (χ0) is 8.32. The Morgan fingerprint density at radius 1 is 1.82 bits per heavy atom. The minimum Gasteiger partial charge on any atom is -0.411 e. The molecule has 0 aromatic carbocycles. The van der Waals surface area contributed by atoms with E-state index in [2.05, 4.69) is 19.0 Å². The van der Waals surface area contributed by atoms with Gasteiger partial charge in [0.1, 0.15) is 0 Å². The molecule has 0 aromatic heterocycles. The fourth-order valence-corrected chi connectivity index (χ4v) is 4.20. The van der Waals surface area contributed by atoms with Gasteiger partial charge >= 0.3 is 0 Å². The first-order valence-corrected chi connectivity index (χ1v) is 5.57. The summed E-state index contributed by atoms with van der Waals surface area (Å²) in [4.78, 5) is 0. The third-order valence-electron chi connectivity index (χ3n) is 1.70. The topological polar surface area (TPSA) is 32.6 Å². The number of oxime groups is 1. The first kappa shape index (κ1) is 9.26. The maximum Gasteiger partial charge on any atom is 0.0969 e. The van der Waals surface area contributed by atoms with E-state index in [4.69, 9.17) is 5.21 Å². The molecular formula is C7H13NOS2. The molecule has 2 atom stereocenters. The molecular weight excluding hydrogens is 178 g/mol. The first-order chi connectivity index (χ1) is 5.20. The van der Waals surface area contributed by atoms with Gasteiger partial charge in [0.15, 0.2) is 0 Å². The Bertz CT molecular complexity index is 163. The van der Waals surface area contributed by atoms with E-state index in [0.717, 1.165) is 5.25 Å². The second kappa shape index (κ2) is 3.72. The van der Waals surface area contributed by atoms with Gasteiger partial charge in [0.25, 0.3) is 0 Å². The Kier molecular flexibility index (Phi) is 3.13. The van der Waals surface area contributed by atoms with Gasteiger partial charge in [-0.15, -0.1) is 23.5 Å². The molecule has 0 bridgehead atoms. The molecule has 0 amide bonds. The van der Waals surface area contributed by atoms with E-state index >= 15 is 0 Å². The molecule has 0 spiro atoms. The van der Waals surface area contributed by atoms with E-state index < -0.39 is 0 Å². The van der Waals surface area contributed by atoms with Crippen LogP contribution in [-0.2, 0) is 0 Å². The number of nitrogens with zero attached hydrogens (tertiary/aromatic N) is 1. The van der Waals surface area contributed by atoms with Crippen molar-refractivity contribution in [3.05, 3.63) is 0 Å². The fourth-order valence-electron chi connectivity index (χ4n) is 1.03. The van der Waals surface area contributed by atoms with Crippen molar-refractivity contribution < 1.29 is 5.21 Å². The maximum absolute atomic E-state index is 8.39. The molecule has 2 unspecified atom stereocenters. The second-order valence-electron chi connectivity index (χ2n) is 2.72. The lowest BCUT2D eigenvalue weighted by Crippen LogP contribution is -2.13. The van der Waals surface area contributed by atoms with Gasteiger partial charge < -0.3 is 5.21 Å². The van der Waals surface area contributed by atoms with E-state index in [0.29, 0.717) is 0 Å². The molecule has 1 aliphatic rings. The minimum atomic E-state index is 0.00935. The van der Waals surface area contributed by atoms with Crippen LogP contribution in [0.2, 0.25) is 0 Å². The van der Waals surface area contributed by atoms with Crippen molar-refractivity contribution in [3.8, 4) is 0 Å². The van der Waals surface area contributed by atoms with E-state index in [1.807, 2.05) is 23.5 Å². The van der Waals surface area contributed by atoms with Gasteiger partial charge in [-0.05, 0) is 13.3 Å². The molecule has 11 heavy (non-hydrogen) atoms. The highest BCUT2D eigenvalue weighted by Crippen LogP contribution is 2.47. The highest BCUT2D eigenvalue weighted by molar-refractivity contribution is 8.22. The van der Waals surface area contributed by atoms with Gasteiger partial charge in [-0.1, -0.05) is 12.1 Å². The van der Waals surface area contributed by atoms with Crippen molar-refractivity contribution in [2.24, 2.45) is 5.16 Å². The summed E-state index contributed by atoms with van der Waals surface area (Å²) in [6.45, 7) is 4.29. The van der Waals surface area contributed by atoms with Crippen LogP contribution in [0.15, 0.2) is 5.16 Å². The summed E-state index contributed by atoms with van der Waals surface area (Å²) in [5, 5.41) is 12.2. The number of hydrogen-bond donors (Lipinski definition) is 1.